The van der Waals surface area contributed by atoms with Crippen LogP contribution in [-0.4, -0.2) is 27.2 Å². The molecule has 0 radical (unpaired) electrons. The number of ether oxygens (including phenoxy) is 2. The molecule has 0 heterocycles. The first kappa shape index (κ1) is 13.3. The number of hydrogen-bond acceptors (Lipinski definition) is 4. The number of carbonyl (C=O) groups excluding carboxylic acids is 1. The second-order valence-electron chi connectivity index (χ2n) is 3.66. The fraction of sp³-hybridized carbons (Fsp3) is 0.417. The lowest BCUT2D eigenvalue weighted by Crippen LogP contribution is -2.23. The Bertz CT molecular complexity index is 371. The van der Waals surface area contributed by atoms with Crippen LogP contribution in [0.25, 0.3) is 0 Å². The van der Waals surface area contributed by atoms with E-state index in [9.17, 15) is 4.79 Å². The third-order valence-electron chi connectivity index (χ3n) is 2.53. The first-order valence-corrected chi connectivity index (χ1v) is 5.29. The third-order valence-corrected chi connectivity index (χ3v) is 2.53. The molecule has 0 aliphatic carbocycles. The van der Waals surface area contributed by atoms with Crippen LogP contribution >= 0.6 is 0 Å². The van der Waals surface area contributed by atoms with E-state index in [-0.39, 0.29) is 18.4 Å². The molecule has 1 rings (SSSR count). The van der Waals surface area contributed by atoms with Gasteiger partial charge >= 0.3 is 0 Å². The van der Waals surface area contributed by atoms with E-state index in [0.717, 1.165) is 5.56 Å². The minimum atomic E-state index is -0.355. The molecule has 0 bridgehead atoms. The van der Waals surface area contributed by atoms with E-state index in [1.165, 1.54) is 0 Å². The van der Waals surface area contributed by atoms with Gasteiger partial charge in [0.2, 0.25) is 5.91 Å². The minimum absolute atomic E-state index is 0.142. The largest absolute Gasteiger partial charge is 0.497 e. The molecule has 0 spiro atoms. The average molecular weight is 238 g/mol. The van der Waals surface area contributed by atoms with Crippen molar-refractivity contribution in [1.29, 1.82) is 0 Å². The van der Waals surface area contributed by atoms with Crippen LogP contribution in [0.5, 0.6) is 11.5 Å². The highest BCUT2D eigenvalue weighted by Crippen LogP contribution is 2.27. The molecule has 1 aromatic carbocycles. The van der Waals surface area contributed by atoms with E-state index in [1.54, 1.807) is 27.3 Å². The highest BCUT2D eigenvalue weighted by Gasteiger charge is 2.14. The molecule has 17 heavy (non-hydrogen) atoms. The number of primary amides is 1. The fourth-order valence-electron chi connectivity index (χ4n) is 1.62. The van der Waals surface area contributed by atoms with Gasteiger partial charge in [0.25, 0.3) is 0 Å². The molecule has 1 unspecified atom stereocenters. The Balaban J connectivity index is 3.04. The van der Waals surface area contributed by atoms with Gasteiger partial charge in [-0.1, -0.05) is 0 Å². The lowest BCUT2D eigenvalue weighted by Gasteiger charge is -2.16. The van der Waals surface area contributed by atoms with Crippen LogP contribution in [0, 0.1) is 0 Å². The van der Waals surface area contributed by atoms with E-state index in [0.29, 0.717) is 11.5 Å². The number of rotatable bonds is 6. The Labute approximate surface area is 101 Å². The maximum Gasteiger partial charge on any atom is 0.219 e. The molecule has 1 aromatic rings. The van der Waals surface area contributed by atoms with Crippen molar-refractivity contribution >= 4 is 5.91 Å². The van der Waals surface area contributed by atoms with Gasteiger partial charge in [0, 0.05) is 18.5 Å². The zero-order valence-electron chi connectivity index (χ0n) is 10.3. The summed E-state index contributed by atoms with van der Waals surface area (Å²) in [6.07, 6.45) is 0.229. The van der Waals surface area contributed by atoms with Crippen molar-refractivity contribution in [3.8, 4) is 11.5 Å². The van der Waals surface area contributed by atoms with Crippen LogP contribution in [0.4, 0.5) is 0 Å². The molecule has 5 heteroatoms. The van der Waals surface area contributed by atoms with E-state index in [4.69, 9.17) is 15.2 Å². The summed E-state index contributed by atoms with van der Waals surface area (Å²) in [5.41, 5.74) is 6.11. The molecule has 0 aliphatic heterocycles. The van der Waals surface area contributed by atoms with Gasteiger partial charge in [-0.2, -0.15) is 0 Å². The maximum absolute atomic E-state index is 11.0. The monoisotopic (exact) mass is 238 g/mol. The summed E-state index contributed by atoms with van der Waals surface area (Å²) in [6, 6.07) is 5.34. The molecule has 0 aliphatic rings. The number of nitrogens with two attached hydrogens (primary N) is 1. The van der Waals surface area contributed by atoms with E-state index in [2.05, 4.69) is 5.32 Å². The summed E-state index contributed by atoms with van der Waals surface area (Å²) in [5, 5.41) is 3.04. The Hall–Kier alpha value is -1.75. The number of nitrogens with one attached hydrogen (secondary N) is 1. The van der Waals surface area contributed by atoms with Gasteiger partial charge in [-0.25, -0.2) is 0 Å². The third kappa shape index (κ3) is 3.64. The van der Waals surface area contributed by atoms with Crippen molar-refractivity contribution in [2.75, 3.05) is 21.3 Å². The summed E-state index contributed by atoms with van der Waals surface area (Å²) >= 11 is 0. The zero-order chi connectivity index (χ0) is 12.8. The Kier molecular flexibility index (Phi) is 4.78. The fourth-order valence-corrected chi connectivity index (χ4v) is 1.62. The molecule has 0 fully saturated rings. The van der Waals surface area contributed by atoms with Crippen LogP contribution in [0.3, 0.4) is 0 Å². The van der Waals surface area contributed by atoms with E-state index in [1.807, 2.05) is 12.1 Å². The van der Waals surface area contributed by atoms with Gasteiger partial charge in [0.1, 0.15) is 11.5 Å². The molecule has 5 nitrogen and oxygen atoms in total. The number of benzene rings is 1. The molecular weight excluding hydrogens is 220 g/mol. The van der Waals surface area contributed by atoms with E-state index >= 15 is 0 Å². The van der Waals surface area contributed by atoms with Gasteiger partial charge in [0.05, 0.1) is 14.2 Å². The van der Waals surface area contributed by atoms with Crippen LogP contribution in [-0.2, 0) is 4.79 Å². The molecule has 1 amide bonds. The van der Waals surface area contributed by atoms with Gasteiger partial charge in [-0.3, -0.25) is 4.79 Å². The summed E-state index contributed by atoms with van der Waals surface area (Å²) in [7, 11) is 4.95. The van der Waals surface area contributed by atoms with Crippen molar-refractivity contribution in [2.45, 2.75) is 12.5 Å². The summed E-state index contributed by atoms with van der Waals surface area (Å²) < 4.78 is 10.3. The van der Waals surface area contributed by atoms with E-state index < -0.39 is 0 Å². The Morgan fingerprint density at radius 2 is 1.82 bits per heavy atom. The minimum Gasteiger partial charge on any atom is -0.497 e. The molecule has 0 saturated carbocycles. The van der Waals surface area contributed by atoms with Crippen LogP contribution in [0.2, 0.25) is 0 Å². The molecule has 0 aromatic heterocycles. The van der Waals surface area contributed by atoms with Crippen molar-refractivity contribution in [3.63, 3.8) is 0 Å². The van der Waals surface area contributed by atoms with Gasteiger partial charge in [-0.15, -0.1) is 0 Å². The molecular formula is C12H18N2O3. The van der Waals surface area contributed by atoms with Crippen LogP contribution in [0.15, 0.2) is 18.2 Å². The molecule has 94 valence electrons. The van der Waals surface area contributed by atoms with Crippen molar-refractivity contribution in [1.82, 2.24) is 5.32 Å². The smallest absolute Gasteiger partial charge is 0.219 e. The average Bonchev–Trinajstić information content (AvgIpc) is 2.34. The standard InChI is InChI=1S/C12H18N2O3/c1-14-11(7-12(13)15)8-4-9(16-2)6-10(5-8)17-3/h4-6,11,14H,7H2,1-3H3,(H2,13,15). The lowest BCUT2D eigenvalue weighted by atomic mass is 10.0. The van der Waals surface area contributed by atoms with Gasteiger partial charge in [0.15, 0.2) is 0 Å². The van der Waals surface area contributed by atoms with Crippen molar-refractivity contribution < 1.29 is 14.3 Å². The van der Waals surface area contributed by atoms with Crippen molar-refractivity contribution in [2.24, 2.45) is 5.73 Å². The molecule has 3 N–H and O–H groups in total. The topological polar surface area (TPSA) is 73.6 Å². The highest BCUT2D eigenvalue weighted by molar-refractivity contribution is 5.74. The molecule has 0 saturated heterocycles. The number of methoxy groups -OCH3 is 2. The second kappa shape index (κ2) is 6.10. The number of carbonyl (C=O) groups is 1. The van der Waals surface area contributed by atoms with Crippen LogP contribution in [0.1, 0.15) is 18.0 Å². The number of amides is 1. The maximum atomic E-state index is 11.0. The SMILES string of the molecule is CNC(CC(N)=O)c1cc(OC)cc(OC)c1. The first-order chi connectivity index (χ1) is 8.10. The first-order valence-electron chi connectivity index (χ1n) is 5.29. The second-order valence-corrected chi connectivity index (χ2v) is 3.66. The highest BCUT2D eigenvalue weighted by atomic mass is 16.5. The quantitative estimate of drug-likeness (QED) is 0.770. The predicted octanol–water partition coefficient (Wildman–Crippen LogP) is 0.840. The summed E-state index contributed by atoms with van der Waals surface area (Å²) in [5.74, 6) is 1.01. The van der Waals surface area contributed by atoms with Crippen LogP contribution < -0.4 is 20.5 Å². The lowest BCUT2D eigenvalue weighted by molar-refractivity contribution is -0.118. The Morgan fingerprint density at radius 3 is 2.18 bits per heavy atom. The molecule has 1 atom stereocenters. The van der Waals surface area contributed by atoms with Gasteiger partial charge < -0.3 is 20.5 Å². The Morgan fingerprint density at radius 1 is 1.29 bits per heavy atom. The normalized spacial score (nSPS) is 11.9. The van der Waals surface area contributed by atoms with Crippen molar-refractivity contribution in [3.05, 3.63) is 23.8 Å². The predicted molar refractivity (Wildman–Crippen MR) is 65.2 cm³/mol. The number of hydrogen-bond donors (Lipinski definition) is 2. The summed E-state index contributed by atoms with van der Waals surface area (Å²) in [6.45, 7) is 0. The zero-order valence-corrected chi connectivity index (χ0v) is 10.3. The van der Waals surface area contributed by atoms with Gasteiger partial charge in [-0.05, 0) is 24.7 Å². The summed E-state index contributed by atoms with van der Waals surface area (Å²) in [4.78, 5) is 11.0.